The van der Waals surface area contributed by atoms with Crippen LogP contribution in [0.3, 0.4) is 0 Å². The second-order valence-corrected chi connectivity index (χ2v) is 4.45. The smallest absolute Gasteiger partial charge is 0.215 e. The van der Waals surface area contributed by atoms with Crippen LogP contribution >= 0.6 is 0 Å². The number of aryl methyl sites for hydroxylation is 1. The van der Waals surface area contributed by atoms with E-state index in [0.29, 0.717) is 5.89 Å². The zero-order valence-corrected chi connectivity index (χ0v) is 8.79. The topological polar surface area (TPSA) is 52.0 Å². The van der Waals surface area contributed by atoms with Crippen LogP contribution in [0.15, 0.2) is 22.6 Å². The van der Waals surface area contributed by atoms with Crippen LogP contribution < -0.4 is 5.73 Å². The molecule has 2 N–H and O–H groups in total. The molecule has 0 amide bonds. The Hall–Kier alpha value is -1.35. The van der Waals surface area contributed by atoms with Crippen molar-refractivity contribution in [2.75, 3.05) is 0 Å². The lowest BCUT2D eigenvalue weighted by atomic mass is 9.78. The fourth-order valence-electron chi connectivity index (χ4n) is 2.07. The number of para-hydroxylation sites is 1. The molecule has 78 valence electrons. The van der Waals surface area contributed by atoms with Crippen molar-refractivity contribution in [1.82, 2.24) is 4.98 Å². The molecule has 0 unspecified atom stereocenters. The number of hydrogen-bond donors (Lipinski definition) is 1. The highest BCUT2D eigenvalue weighted by molar-refractivity contribution is 5.76. The van der Waals surface area contributed by atoms with Gasteiger partial charge in [-0.05, 0) is 37.8 Å². The SMILES string of the molecule is Cc1cccc2oc(C3(N)CCC3)nc12. The van der Waals surface area contributed by atoms with Crippen LogP contribution in [0, 0.1) is 6.92 Å². The summed E-state index contributed by atoms with van der Waals surface area (Å²) in [6.45, 7) is 2.04. The second-order valence-electron chi connectivity index (χ2n) is 4.45. The van der Waals surface area contributed by atoms with Gasteiger partial charge in [0, 0.05) is 0 Å². The molecule has 1 aromatic carbocycles. The lowest BCUT2D eigenvalue weighted by molar-refractivity contribution is 0.203. The maximum absolute atomic E-state index is 6.18. The highest BCUT2D eigenvalue weighted by Gasteiger charge is 2.39. The zero-order valence-electron chi connectivity index (χ0n) is 8.79. The van der Waals surface area contributed by atoms with Crippen molar-refractivity contribution < 1.29 is 4.42 Å². The minimum atomic E-state index is -0.300. The van der Waals surface area contributed by atoms with Gasteiger partial charge in [0.2, 0.25) is 5.89 Å². The van der Waals surface area contributed by atoms with E-state index in [1.165, 1.54) is 6.42 Å². The third kappa shape index (κ3) is 1.20. The van der Waals surface area contributed by atoms with E-state index in [1.54, 1.807) is 0 Å². The number of benzene rings is 1. The first-order chi connectivity index (χ1) is 7.19. The van der Waals surface area contributed by atoms with Gasteiger partial charge in [0.15, 0.2) is 5.58 Å². The first-order valence-corrected chi connectivity index (χ1v) is 5.35. The number of nitrogens with two attached hydrogens (primary N) is 1. The number of rotatable bonds is 1. The molecule has 3 rings (SSSR count). The lowest BCUT2D eigenvalue weighted by Crippen LogP contribution is -2.43. The van der Waals surface area contributed by atoms with Gasteiger partial charge < -0.3 is 10.2 Å². The Morgan fingerprint density at radius 2 is 2.20 bits per heavy atom. The normalized spacial score (nSPS) is 19.1. The Bertz CT molecular complexity index is 511. The third-order valence-corrected chi connectivity index (χ3v) is 3.29. The van der Waals surface area contributed by atoms with Gasteiger partial charge in [-0.2, -0.15) is 0 Å². The Morgan fingerprint density at radius 3 is 2.80 bits per heavy atom. The molecule has 0 saturated heterocycles. The highest BCUT2D eigenvalue weighted by Crippen LogP contribution is 2.39. The summed E-state index contributed by atoms with van der Waals surface area (Å²) in [5.74, 6) is 0.707. The Labute approximate surface area is 88.3 Å². The summed E-state index contributed by atoms with van der Waals surface area (Å²) < 4.78 is 5.72. The van der Waals surface area contributed by atoms with E-state index in [1.807, 2.05) is 25.1 Å². The van der Waals surface area contributed by atoms with E-state index < -0.39 is 0 Å². The maximum atomic E-state index is 6.18. The van der Waals surface area contributed by atoms with Crippen LogP contribution in [0.5, 0.6) is 0 Å². The molecule has 0 radical (unpaired) electrons. The Kier molecular flexibility index (Phi) is 1.68. The Balaban J connectivity index is 2.18. The van der Waals surface area contributed by atoms with E-state index in [0.717, 1.165) is 29.5 Å². The molecule has 0 spiro atoms. The zero-order chi connectivity index (χ0) is 10.5. The molecule has 2 aromatic rings. The third-order valence-electron chi connectivity index (χ3n) is 3.29. The number of aromatic nitrogens is 1. The largest absolute Gasteiger partial charge is 0.439 e. The van der Waals surface area contributed by atoms with Gasteiger partial charge in [0.25, 0.3) is 0 Å². The molecule has 0 aliphatic heterocycles. The standard InChI is InChI=1S/C12H14N2O/c1-8-4-2-5-9-10(8)14-11(15-9)12(13)6-3-7-12/h2,4-5H,3,6-7,13H2,1H3. The van der Waals surface area contributed by atoms with Crippen molar-refractivity contribution in [3.8, 4) is 0 Å². The van der Waals surface area contributed by atoms with E-state index in [-0.39, 0.29) is 5.54 Å². The maximum Gasteiger partial charge on any atom is 0.215 e. The quantitative estimate of drug-likeness (QED) is 0.772. The van der Waals surface area contributed by atoms with Gasteiger partial charge in [-0.25, -0.2) is 4.98 Å². The molecule has 15 heavy (non-hydrogen) atoms. The number of fused-ring (bicyclic) bond motifs is 1. The lowest BCUT2D eigenvalue weighted by Gasteiger charge is -2.34. The molecule has 3 nitrogen and oxygen atoms in total. The summed E-state index contributed by atoms with van der Waals surface area (Å²) in [6, 6.07) is 5.97. The van der Waals surface area contributed by atoms with Crippen molar-refractivity contribution in [3.63, 3.8) is 0 Å². The van der Waals surface area contributed by atoms with Crippen LogP contribution in [0.25, 0.3) is 11.1 Å². The van der Waals surface area contributed by atoms with Gasteiger partial charge in [-0.15, -0.1) is 0 Å². The highest BCUT2D eigenvalue weighted by atomic mass is 16.4. The number of hydrogen-bond acceptors (Lipinski definition) is 3. The van der Waals surface area contributed by atoms with Gasteiger partial charge in [0.05, 0.1) is 5.54 Å². The van der Waals surface area contributed by atoms with Gasteiger partial charge in [-0.3, -0.25) is 0 Å². The predicted octanol–water partition coefficient (Wildman–Crippen LogP) is 2.47. The average molecular weight is 202 g/mol. The fraction of sp³-hybridized carbons (Fsp3) is 0.417. The minimum absolute atomic E-state index is 0.300. The van der Waals surface area contributed by atoms with Crippen LogP contribution in [0.2, 0.25) is 0 Å². The number of oxazole rings is 1. The molecule has 1 saturated carbocycles. The molecule has 3 heteroatoms. The molecule has 1 aliphatic rings. The summed E-state index contributed by atoms with van der Waals surface area (Å²) >= 11 is 0. The molecule has 0 atom stereocenters. The summed E-state index contributed by atoms with van der Waals surface area (Å²) in [6.07, 6.45) is 3.14. The molecular formula is C12H14N2O. The molecule has 1 fully saturated rings. The van der Waals surface area contributed by atoms with E-state index >= 15 is 0 Å². The van der Waals surface area contributed by atoms with E-state index in [4.69, 9.17) is 10.2 Å². The summed E-state index contributed by atoms with van der Waals surface area (Å²) in [5, 5.41) is 0. The van der Waals surface area contributed by atoms with Crippen LogP contribution in [0.1, 0.15) is 30.7 Å². The molecular weight excluding hydrogens is 188 g/mol. The molecule has 1 aliphatic carbocycles. The van der Waals surface area contributed by atoms with Crippen LogP contribution in [-0.4, -0.2) is 4.98 Å². The summed E-state index contributed by atoms with van der Waals surface area (Å²) in [7, 11) is 0. The van der Waals surface area contributed by atoms with Crippen molar-refractivity contribution in [1.29, 1.82) is 0 Å². The molecule has 1 aromatic heterocycles. The summed E-state index contributed by atoms with van der Waals surface area (Å²) in [4.78, 5) is 4.51. The monoisotopic (exact) mass is 202 g/mol. The van der Waals surface area contributed by atoms with E-state index in [2.05, 4.69) is 4.98 Å². The first kappa shape index (κ1) is 8.92. The van der Waals surface area contributed by atoms with Gasteiger partial charge in [-0.1, -0.05) is 12.1 Å². The molecule has 0 bridgehead atoms. The van der Waals surface area contributed by atoms with Crippen LogP contribution in [0.4, 0.5) is 0 Å². The van der Waals surface area contributed by atoms with Gasteiger partial charge >= 0.3 is 0 Å². The first-order valence-electron chi connectivity index (χ1n) is 5.35. The Morgan fingerprint density at radius 1 is 1.40 bits per heavy atom. The number of nitrogens with zero attached hydrogens (tertiary/aromatic N) is 1. The van der Waals surface area contributed by atoms with Crippen molar-refractivity contribution >= 4 is 11.1 Å². The van der Waals surface area contributed by atoms with Gasteiger partial charge in [0.1, 0.15) is 5.52 Å². The van der Waals surface area contributed by atoms with Crippen molar-refractivity contribution in [2.24, 2.45) is 5.73 Å². The van der Waals surface area contributed by atoms with Crippen molar-refractivity contribution in [3.05, 3.63) is 29.7 Å². The fourth-order valence-corrected chi connectivity index (χ4v) is 2.07. The average Bonchev–Trinajstić information content (AvgIpc) is 2.59. The molecule has 1 heterocycles. The minimum Gasteiger partial charge on any atom is -0.439 e. The summed E-state index contributed by atoms with van der Waals surface area (Å²) in [5.41, 5.74) is 8.82. The van der Waals surface area contributed by atoms with E-state index in [9.17, 15) is 0 Å². The van der Waals surface area contributed by atoms with Crippen LogP contribution in [-0.2, 0) is 5.54 Å². The second kappa shape index (κ2) is 2.83. The predicted molar refractivity (Wildman–Crippen MR) is 58.5 cm³/mol. The van der Waals surface area contributed by atoms with Crippen molar-refractivity contribution in [2.45, 2.75) is 31.7 Å².